The summed E-state index contributed by atoms with van der Waals surface area (Å²) in [5, 5.41) is 4.63. The van der Waals surface area contributed by atoms with E-state index >= 15 is 0 Å². The molecule has 2 aromatic heterocycles. The lowest BCUT2D eigenvalue weighted by atomic mass is 9.94. The van der Waals surface area contributed by atoms with Crippen molar-refractivity contribution in [2.75, 3.05) is 4.90 Å². The second kappa shape index (κ2) is 8.68. The summed E-state index contributed by atoms with van der Waals surface area (Å²) >= 11 is 0. The van der Waals surface area contributed by atoms with E-state index in [-0.39, 0.29) is 18.4 Å². The van der Waals surface area contributed by atoms with Crippen LogP contribution in [0.5, 0.6) is 0 Å². The van der Waals surface area contributed by atoms with E-state index in [9.17, 15) is 4.79 Å². The van der Waals surface area contributed by atoms with E-state index in [1.807, 2.05) is 88.4 Å². The number of amides is 1. The van der Waals surface area contributed by atoms with Crippen molar-refractivity contribution in [1.82, 2.24) is 19.6 Å². The topological polar surface area (TPSA) is 63.4 Å². The quantitative estimate of drug-likeness (QED) is 0.456. The van der Waals surface area contributed by atoms with Gasteiger partial charge in [-0.3, -0.25) is 4.79 Å². The van der Waals surface area contributed by atoms with Gasteiger partial charge in [0.05, 0.1) is 12.5 Å². The highest BCUT2D eigenvalue weighted by Gasteiger charge is 2.27. The third-order valence-corrected chi connectivity index (χ3v) is 5.48. The molecule has 1 amide bonds. The third kappa shape index (κ3) is 4.33. The van der Waals surface area contributed by atoms with Crippen molar-refractivity contribution in [3.63, 3.8) is 0 Å². The van der Waals surface area contributed by atoms with Gasteiger partial charge in [-0.1, -0.05) is 55.0 Å². The molecule has 0 saturated heterocycles. The summed E-state index contributed by atoms with van der Waals surface area (Å²) in [5.41, 5.74) is 4.86. The molecule has 31 heavy (non-hydrogen) atoms. The van der Waals surface area contributed by atoms with E-state index < -0.39 is 0 Å². The first-order chi connectivity index (χ1) is 15.0. The Hall–Kier alpha value is -3.54. The van der Waals surface area contributed by atoms with Crippen LogP contribution in [0.15, 0.2) is 60.7 Å². The maximum Gasteiger partial charge on any atom is 0.252 e. The molecule has 4 rings (SSSR count). The standard InChI is InChI=1S/C25H27N5O/c1-5-22(20-9-7-6-8-10-20)24(31)29(21-13-11-17(2)12-14-21)16-23-27-25-26-18(3)15-19(4)30(25)28-23/h6-15,22H,5,16H2,1-4H3/t22-/m1/s1. The molecular formula is C25H27N5O. The van der Waals surface area contributed by atoms with E-state index in [1.165, 1.54) is 0 Å². The average Bonchev–Trinajstić information content (AvgIpc) is 3.17. The average molecular weight is 414 g/mol. The van der Waals surface area contributed by atoms with Gasteiger partial charge < -0.3 is 4.90 Å². The highest BCUT2D eigenvalue weighted by Crippen LogP contribution is 2.27. The predicted octanol–water partition coefficient (Wildman–Crippen LogP) is 4.78. The van der Waals surface area contributed by atoms with Crippen LogP contribution in [0.4, 0.5) is 5.69 Å². The Balaban J connectivity index is 1.73. The van der Waals surface area contributed by atoms with Gasteiger partial charge in [-0.25, -0.2) is 9.50 Å². The Labute approximate surface area is 182 Å². The first-order valence-electron chi connectivity index (χ1n) is 10.6. The first-order valence-corrected chi connectivity index (χ1v) is 10.6. The summed E-state index contributed by atoms with van der Waals surface area (Å²) in [4.78, 5) is 24.6. The van der Waals surface area contributed by atoms with E-state index in [2.05, 4.69) is 15.1 Å². The van der Waals surface area contributed by atoms with Gasteiger partial charge >= 0.3 is 0 Å². The van der Waals surface area contributed by atoms with Gasteiger partial charge in [-0.05, 0) is 51.0 Å². The molecule has 2 aromatic carbocycles. The number of fused-ring (bicyclic) bond motifs is 1. The summed E-state index contributed by atoms with van der Waals surface area (Å²) < 4.78 is 1.73. The third-order valence-electron chi connectivity index (χ3n) is 5.48. The zero-order valence-corrected chi connectivity index (χ0v) is 18.4. The SMILES string of the molecule is CC[C@@H](C(=O)N(Cc1nc2nc(C)cc(C)n2n1)c1ccc(C)cc1)c1ccccc1. The number of nitrogens with zero attached hydrogens (tertiary/aromatic N) is 5. The highest BCUT2D eigenvalue weighted by atomic mass is 16.2. The van der Waals surface area contributed by atoms with Crippen LogP contribution in [0.2, 0.25) is 0 Å². The fourth-order valence-electron chi connectivity index (χ4n) is 3.86. The molecule has 0 radical (unpaired) electrons. The molecule has 2 heterocycles. The van der Waals surface area contributed by atoms with Gasteiger partial charge in [0.25, 0.3) is 5.78 Å². The molecule has 0 saturated carbocycles. The predicted molar refractivity (Wildman–Crippen MR) is 122 cm³/mol. The van der Waals surface area contributed by atoms with Crippen LogP contribution < -0.4 is 4.90 Å². The van der Waals surface area contributed by atoms with Gasteiger partial charge in [0, 0.05) is 17.1 Å². The Bertz CT molecular complexity index is 1200. The molecule has 6 nitrogen and oxygen atoms in total. The Morgan fingerprint density at radius 1 is 1.00 bits per heavy atom. The fourth-order valence-corrected chi connectivity index (χ4v) is 3.86. The molecule has 0 unspecified atom stereocenters. The molecule has 1 atom stereocenters. The smallest absolute Gasteiger partial charge is 0.252 e. The van der Waals surface area contributed by atoms with Crippen molar-refractivity contribution in [3.05, 3.63) is 89.0 Å². The Kier molecular flexibility index (Phi) is 5.80. The van der Waals surface area contributed by atoms with Gasteiger partial charge in [0.1, 0.15) is 0 Å². The first kappa shape index (κ1) is 20.7. The summed E-state index contributed by atoms with van der Waals surface area (Å²) in [6.07, 6.45) is 0.712. The number of hydrogen-bond donors (Lipinski definition) is 0. The van der Waals surface area contributed by atoms with Crippen molar-refractivity contribution >= 4 is 17.4 Å². The van der Waals surface area contributed by atoms with Crippen LogP contribution in [0.3, 0.4) is 0 Å². The molecular weight excluding hydrogens is 386 g/mol. The van der Waals surface area contributed by atoms with Crippen molar-refractivity contribution < 1.29 is 4.79 Å². The molecule has 0 aliphatic heterocycles. The second-order valence-electron chi connectivity index (χ2n) is 7.91. The van der Waals surface area contributed by atoms with Crippen LogP contribution >= 0.6 is 0 Å². The monoisotopic (exact) mass is 413 g/mol. The van der Waals surface area contributed by atoms with Crippen LogP contribution in [0, 0.1) is 20.8 Å². The number of aryl methyl sites for hydroxylation is 3. The summed E-state index contributed by atoms with van der Waals surface area (Å²) in [6.45, 7) is 8.28. The summed E-state index contributed by atoms with van der Waals surface area (Å²) in [6, 6.07) is 19.9. The molecule has 0 fully saturated rings. The van der Waals surface area contributed by atoms with Crippen LogP contribution in [0.25, 0.3) is 5.78 Å². The molecule has 158 valence electrons. The zero-order chi connectivity index (χ0) is 22.0. The number of anilines is 1. The molecule has 0 spiro atoms. The number of carbonyl (C=O) groups excluding carboxylic acids is 1. The summed E-state index contributed by atoms with van der Waals surface area (Å²) in [7, 11) is 0. The van der Waals surface area contributed by atoms with Crippen molar-refractivity contribution in [1.29, 1.82) is 0 Å². The van der Waals surface area contributed by atoms with Crippen LogP contribution in [0.1, 0.15) is 47.6 Å². The number of carbonyl (C=O) groups is 1. The van der Waals surface area contributed by atoms with Gasteiger partial charge in [0.2, 0.25) is 5.91 Å². The van der Waals surface area contributed by atoms with E-state index in [4.69, 9.17) is 0 Å². The minimum absolute atomic E-state index is 0.0391. The van der Waals surface area contributed by atoms with Gasteiger partial charge in [-0.2, -0.15) is 4.98 Å². The van der Waals surface area contributed by atoms with Gasteiger partial charge in [0.15, 0.2) is 5.82 Å². The molecule has 0 aliphatic rings. The molecule has 0 bridgehead atoms. The zero-order valence-electron chi connectivity index (χ0n) is 18.4. The maximum atomic E-state index is 13.7. The van der Waals surface area contributed by atoms with E-state index in [0.717, 1.165) is 28.2 Å². The van der Waals surface area contributed by atoms with E-state index in [0.29, 0.717) is 18.0 Å². The molecule has 6 heteroatoms. The highest BCUT2D eigenvalue weighted by molar-refractivity contribution is 5.98. The number of aromatic nitrogens is 4. The lowest BCUT2D eigenvalue weighted by Gasteiger charge is -2.26. The second-order valence-corrected chi connectivity index (χ2v) is 7.91. The minimum atomic E-state index is -0.235. The summed E-state index contributed by atoms with van der Waals surface area (Å²) in [5.74, 6) is 0.927. The van der Waals surface area contributed by atoms with Crippen LogP contribution in [-0.2, 0) is 11.3 Å². The minimum Gasteiger partial charge on any atom is -0.304 e. The number of hydrogen-bond acceptors (Lipinski definition) is 4. The normalized spacial score (nSPS) is 12.1. The molecule has 0 N–H and O–H groups in total. The fraction of sp³-hybridized carbons (Fsp3) is 0.280. The largest absolute Gasteiger partial charge is 0.304 e. The molecule has 0 aliphatic carbocycles. The lowest BCUT2D eigenvalue weighted by Crippen LogP contribution is -2.35. The number of rotatable bonds is 6. The lowest BCUT2D eigenvalue weighted by molar-refractivity contribution is -0.120. The van der Waals surface area contributed by atoms with Crippen molar-refractivity contribution in [3.8, 4) is 0 Å². The van der Waals surface area contributed by atoms with Gasteiger partial charge in [-0.15, -0.1) is 5.10 Å². The van der Waals surface area contributed by atoms with Crippen molar-refractivity contribution in [2.24, 2.45) is 0 Å². The van der Waals surface area contributed by atoms with E-state index in [1.54, 1.807) is 9.42 Å². The van der Waals surface area contributed by atoms with Crippen molar-refractivity contribution in [2.45, 2.75) is 46.6 Å². The Morgan fingerprint density at radius 3 is 2.39 bits per heavy atom. The Morgan fingerprint density at radius 2 is 1.71 bits per heavy atom. The number of benzene rings is 2. The van der Waals surface area contributed by atoms with Crippen LogP contribution in [-0.4, -0.2) is 25.5 Å². The molecule has 4 aromatic rings. The maximum absolute atomic E-state index is 13.7.